The van der Waals surface area contributed by atoms with Crippen LogP contribution in [0.3, 0.4) is 0 Å². The van der Waals surface area contributed by atoms with Gasteiger partial charge in [-0.25, -0.2) is 0 Å². The standard InChI is InChI=1S/C23H22N2O4/c24-14-17-3-1-16(2-4-17)5-8-25-9-6-23(7-10-25)13-19(26)18-11-21-22(28-15-27-21)12-20(18)29-23/h1-4,11-12H,5-10,13,15H2. The molecule has 0 amide bonds. The molecule has 0 atom stereocenters. The first kappa shape index (κ1) is 18.0. The van der Waals surface area contributed by atoms with Gasteiger partial charge in [0.2, 0.25) is 6.79 Å². The van der Waals surface area contributed by atoms with E-state index in [9.17, 15) is 4.79 Å². The molecule has 5 rings (SSSR count). The van der Waals surface area contributed by atoms with Crippen molar-refractivity contribution in [2.75, 3.05) is 26.4 Å². The highest BCUT2D eigenvalue weighted by Crippen LogP contribution is 2.45. The molecule has 148 valence electrons. The van der Waals surface area contributed by atoms with Crippen molar-refractivity contribution in [3.05, 3.63) is 53.1 Å². The minimum atomic E-state index is -0.414. The molecule has 0 aliphatic carbocycles. The molecule has 0 saturated carbocycles. The number of likely N-dealkylation sites (tertiary alicyclic amines) is 1. The number of hydrogen-bond acceptors (Lipinski definition) is 6. The third kappa shape index (κ3) is 3.43. The fraction of sp³-hybridized carbons (Fsp3) is 0.391. The van der Waals surface area contributed by atoms with Crippen molar-refractivity contribution in [3.63, 3.8) is 0 Å². The quantitative estimate of drug-likeness (QED) is 0.801. The molecule has 6 nitrogen and oxygen atoms in total. The predicted octanol–water partition coefficient (Wildman–Crippen LogP) is 3.33. The van der Waals surface area contributed by atoms with Gasteiger partial charge in [-0.15, -0.1) is 0 Å². The Labute approximate surface area is 169 Å². The Bertz CT molecular complexity index is 985. The van der Waals surface area contributed by atoms with Crippen LogP contribution in [-0.2, 0) is 6.42 Å². The van der Waals surface area contributed by atoms with Gasteiger partial charge < -0.3 is 19.1 Å². The van der Waals surface area contributed by atoms with Crippen LogP contribution in [0.25, 0.3) is 0 Å². The van der Waals surface area contributed by atoms with Gasteiger partial charge in [0.1, 0.15) is 11.4 Å². The number of hydrogen-bond donors (Lipinski definition) is 0. The van der Waals surface area contributed by atoms with Gasteiger partial charge in [0.05, 0.1) is 23.6 Å². The third-order valence-corrected chi connectivity index (χ3v) is 6.15. The SMILES string of the molecule is N#Cc1ccc(CCN2CCC3(CC2)CC(=O)c2cc4c(cc2O3)OCO4)cc1. The van der Waals surface area contributed by atoms with E-state index in [-0.39, 0.29) is 12.6 Å². The zero-order valence-corrected chi connectivity index (χ0v) is 16.1. The monoisotopic (exact) mass is 390 g/mol. The van der Waals surface area contributed by atoms with Crippen molar-refractivity contribution in [3.8, 4) is 23.3 Å². The van der Waals surface area contributed by atoms with E-state index in [4.69, 9.17) is 19.5 Å². The molecule has 0 bridgehead atoms. The van der Waals surface area contributed by atoms with Gasteiger partial charge in [0.25, 0.3) is 0 Å². The number of piperidine rings is 1. The van der Waals surface area contributed by atoms with E-state index in [1.165, 1.54) is 5.56 Å². The van der Waals surface area contributed by atoms with E-state index in [1.54, 1.807) is 12.1 Å². The maximum absolute atomic E-state index is 12.8. The second-order valence-electron chi connectivity index (χ2n) is 7.99. The smallest absolute Gasteiger partial charge is 0.231 e. The van der Waals surface area contributed by atoms with Crippen molar-refractivity contribution in [2.45, 2.75) is 31.3 Å². The summed E-state index contributed by atoms with van der Waals surface area (Å²) in [6.45, 7) is 2.96. The largest absolute Gasteiger partial charge is 0.486 e. The molecule has 3 heterocycles. The first-order valence-corrected chi connectivity index (χ1v) is 10.0. The van der Waals surface area contributed by atoms with Crippen molar-refractivity contribution >= 4 is 5.78 Å². The zero-order valence-electron chi connectivity index (χ0n) is 16.1. The summed E-state index contributed by atoms with van der Waals surface area (Å²) in [5.41, 5.74) is 2.11. The Balaban J connectivity index is 1.22. The van der Waals surface area contributed by atoms with Crippen molar-refractivity contribution in [1.82, 2.24) is 4.90 Å². The highest BCUT2D eigenvalue weighted by Gasteiger charge is 2.43. The average Bonchev–Trinajstić information content (AvgIpc) is 3.20. The van der Waals surface area contributed by atoms with E-state index in [0.717, 1.165) is 38.9 Å². The van der Waals surface area contributed by atoms with Crippen LogP contribution in [0, 0.1) is 11.3 Å². The van der Waals surface area contributed by atoms with Crippen molar-refractivity contribution in [2.24, 2.45) is 0 Å². The van der Waals surface area contributed by atoms with Crippen LogP contribution in [0.15, 0.2) is 36.4 Å². The van der Waals surface area contributed by atoms with Gasteiger partial charge in [-0.05, 0) is 30.2 Å². The van der Waals surface area contributed by atoms with Crippen LogP contribution in [0.5, 0.6) is 17.2 Å². The van der Waals surface area contributed by atoms with Crippen LogP contribution in [0.1, 0.15) is 40.7 Å². The van der Waals surface area contributed by atoms with E-state index in [0.29, 0.717) is 34.8 Å². The number of fused-ring (bicyclic) bond motifs is 2. The Morgan fingerprint density at radius 1 is 1.03 bits per heavy atom. The fourth-order valence-corrected chi connectivity index (χ4v) is 4.38. The van der Waals surface area contributed by atoms with Crippen LogP contribution in [0.2, 0.25) is 0 Å². The summed E-state index contributed by atoms with van der Waals surface area (Å²) < 4.78 is 17.2. The van der Waals surface area contributed by atoms with Crippen LogP contribution in [-0.4, -0.2) is 42.7 Å². The topological polar surface area (TPSA) is 71.8 Å². The number of Topliss-reactive ketones (excluding diaryl/α,β-unsaturated/α-hetero) is 1. The molecule has 6 heteroatoms. The van der Waals surface area contributed by atoms with Crippen LogP contribution < -0.4 is 14.2 Å². The second-order valence-corrected chi connectivity index (χ2v) is 7.99. The molecule has 1 fully saturated rings. The number of carbonyl (C=O) groups excluding carboxylic acids is 1. The van der Waals surface area contributed by atoms with E-state index in [2.05, 4.69) is 11.0 Å². The Morgan fingerprint density at radius 2 is 1.76 bits per heavy atom. The minimum absolute atomic E-state index is 0.121. The number of rotatable bonds is 3. The minimum Gasteiger partial charge on any atom is -0.486 e. The van der Waals surface area contributed by atoms with E-state index < -0.39 is 5.60 Å². The Kier molecular flexibility index (Phi) is 4.40. The lowest BCUT2D eigenvalue weighted by Crippen LogP contribution is -2.51. The molecule has 0 aromatic heterocycles. The fourth-order valence-electron chi connectivity index (χ4n) is 4.38. The lowest BCUT2D eigenvalue weighted by molar-refractivity contribution is -0.00875. The lowest BCUT2D eigenvalue weighted by atomic mass is 9.82. The number of ether oxygens (including phenoxy) is 3. The maximum Gasteiger partial charge on any atom is 0.231 e. The molecule has 3 aliphatic heterocycles. The third-order valence-electron chi connectivity index (χ3n) is 6.15. The second kappa shape index (κ2) is 7.09. The summed E-state index contributed by atoms with van der Waals surface area (Å²) in [4.78, 5) is 15.2. The first-order valence-electron chi connectivity index (χ1n) is 10.0. The van der Waals surface area contributed by atoms with E-state index in [1.807, 2.05) is 24.3 Å². The zero-order chi connectivity index (χ0) is 19.8. The molecule has 29 heavy (non-hydrogen) atoms. The molecule has 0 unspecified atom stereocenters. The van der Waals surface area contributed by atoms with Gasteiger partial charge in [-0.3, -0.25) is 4.79 Å². The molecule has 2 aromatic rings. The summed E-state index contributed by atoms with van der Waals surface area (Å²) in [6, 6.07) is 13.5. The lowest BCUT2D eigenvalue weighted by Gasteiger charge is -2.44. The van der Waals surface area contributed by atoms with Crippen LogP contribution >= 0.6 is 0 Å². The highest BCUT2D eigenvalue weighted by molar-refractivity contribution is 6.01. The van der Waals surface area contributed by atoms with Gasteiger partial charge in [-0.2, -0.15) is 5.26 Å². The van der Waals surface area contributed by atoms with E-state index >= 15 is 0 Å². The summed E-state index contributed by atoms with van der Waals surface area (Å²) in [7, 11) is 0. The summed E-state index contributed by atoms with van der Waals surface area (Å²) >= 11 is 0. The molecular formula is C23H22N2O4. The number of benzene rings is 2. The summed E-state index contributed by atoms with van der Waals surface area (Å²) in [6.07, 6.45) is 3.04. The number of carbonyl (C=O) groups is 1. The normalized spacial score (nSPS) is 19.5. The molecule has 0 N–H and O–H groups in total. The summed E-state index contributed by atoms with van der Waals surface area (Å²) in [5.74, 6) is 2.01. The molecule has 2 aromatic carbocycles. The van der Waals surface area contributed by atoms with Gasteiger partial charge >= 0.3 is 0 Å². The first-order chi connectivity index (χ1) is 14.1. The number of ketones is 1. The van der Waals surface area contributed by atoms with Gasteiger partial charge in [-0.1, -0.05) is 12.1 Å². The van der Waals surface area contributed by atoms with Crippen molar-refractivity contribution < 1.29 is 19.0 Å². The molecule has 1 saturated heterocycles. The van der Waals surface area contributed by atoms with Crippen LogP contribution in [0.4, 0.5) is 0 Å². The molecule has 0 radical (unpaired) electrons. The summed E-state index contributed by atoms with van der Waals surface area (Å²) in [5, 5.41) is 8.90. The Hall–Kier alpha value is -3.04. The predicted molar refractivity (Wildman–Crippen MR) is 105 cm³/mol. The molecular weight excluding hydrogens is 368 g/mol. The molecule has 1 spiro atoms. The highest BCUT2D eigenvalue weighted by atomic mass is 16.7. The average molecular weight is 390 g/mol. The van der Waals surface area contributed by atoms with Gasteiger partial charge in [0, 0.05) is 38.5 Å². The maximum atomic E-state index is 12.8. The number of nitrogens with zero attached hydrogens (tertiary/aromatic N) is 2. The number of nitriles is 1. The van der Waals surface area contributed by atoms with Crippen molar-refractivity contribution in [1.29, 1.82) is 5.26 Å². The van der Waals surface area contributed by atoms with Gasteiger partial charge in [0.15, 0.2) is 17.3 Å². The molecule has 3 aliphatic rings. The Morgan fingerprint density at radius 3 is 2.48 bits per heavy atom.